The van der Waals surface area contributed by atoms with Crippen LogP contribution in [0, 0.1) is 10.1 Å². The zero-order valence-corrected chi connectivity index (χ0v) is 16.7. The number of nitrogens with zero attached hydrogens (tertiary/aromatic N) is 2. The smallest absolute Gasteiger partial charge is 0.270 e. The maximum absolute atomic E-state index is 12.7. The highest BCUT2D eigenvalue weighted by molar-refractivity contribution is 9.10. The van der Waals surface area contributed by atoms with Gasteiger partial charge in [-0.15, -0.1) is 0 Å². The van der Waals surface area contributed by atoms with Crippen LogP contribution in [0.2, 0.25) is 5.02 Å². The van der Waals surface area contributed by atoms with Gasteiger partial charge in [0.15, 0.2) is 4.32 Å². The van der Waals surface area contributed by atoms with Crippen molar-refractivity contribution in [3.8, 4) is 5.75 Å². The molecule has 0 radical (unpaired) electrons. The predicted octanol–water partition coefficient (Wildman–Crippen LogP) is 5.12. The fraction of sp³-hybridized carbons (Fsp3) is 0. The van der Waals surface area contributed by atoms with Crippen LogP contribution in [0.5, 0.6) is 5.75 Å². The number of amides is 1. The third-order valence-electron chi connectivity index (χ3n) is 3.46. The number of hydrogen-bond donors (Lipinski definition) is 1. The van der Waals surface area contributed by atoms with Gasteiger partial charge >= 0.3 is 0 Å². The molecule has 1 aliphatic rings. The highest BCUT2D eigenvalue weighted by Crippen LogP contribution is 2.39. The van der Waals surface area contributed by atoms with Gasteiger partial charge in [-0.05, 0) is 30.3 Å². The molecular weight excluding hydrogens is 464 g/mol. The molecule has 0 spiro atoms. The number of thiocarbonyl (C=S) groups is 1. The van der Waals surface area contributed by atoms with Crippen LogP contribution < -0.4 is 4.90 Å². The molecular formula is C16H8BrClN2O4S2. The number of benzene rings is 2. The van der Waals surface area contributed by atoms with Crippen molar-refractivity contribution in [2.45, 2.75) is 0 Å². The Labute approximate surface area is 170 Å². The fourth-order valence-corrected chi connectivity index (χ4v) is 4.37. The van der Waals surface area contributed by atoms with Crippen molar-refractivity contribution in [1.29, 1.82) is 0 Å². The topological polar surface area (TPSA) is 83.7 Å². The number of phenolic OH excluding ortho intramolecular Hbond substituents is 1. The molecule has 26 heavy (non-hydrogen) atoms. The normalized spacial score (nSPS) is 15.8. The Morgan fingerprint density at radius 2 is 1.96 bits per heavy atom. The van der Waals surface area contributed by atoms with E-state index in [2.05, 4.69) is 15.9 Å². The number of phenols is 1. The average Bonchev–Trinajstić information content (AvgIpc) is 2.86. The molecule has 0 bridgehead atoms. The molecule has 0 atom stereocenters. The summed E-state index contributed by atoms with van der Waals surface area (Å²) in [7, 11) is 0. The summed E-state index contributed by atoms with van der Waals surface area (Å²) < 4.78 is 0.938. The first kappa shape index (κ1) is 18.8. The lowest BCUT2D eigenvalue weighted by atomic mass is 10.2. The minimum Gasteiger partial charge on any atom is -0.506 e. The zero-order valence-electron chi connectivity index (χ0n) is 12.7. The quantitative estimate of drug-likeness (QED) is 0.289. The molecule has 2 aromatic carbocycles. The molecule has 1 heterocycles. The van der Waals surface area contributed by atoms with Crippen molar-refractivity contribution in [2.24, 2.45) is 0 Å². The van der Waals surface area contributed by atoms with Gasteiger partial charge in [-0.3, -0.25) is 19.8 Å². The van der Waals surface area contributed by atoms with Crippen molar-refractivity contribution in [1.82, 2.24) is 0 Å². The van der Waals surface area contributed by atoms with E-state index in [1.807, 2.05) is 0 Å². The van der Waals surface area contributed by atoms with Gasteiger partial charge in [0.05, 0.1) is 20.5 Å². The van der Waals surface area contributed by atoms with E-state index in [-0.39, 0.29) is 26.7 Å². The standard InChI is InChI=1S/C16H8BrClN2O4S2/c17-9-5-8(14(21)12(18)7-9)6-13-15(22)19(16(25)26-13)10-1-3-11(4-2-10)20(23)24/h1-7,21H. The van der Waals surface area contributed by atoms with E-state index >= 15 is 0 Å². The van der Waals surface area contributed by atoms with Gasteiger partial charge in [0, 0.05) is 22.2 Å². The molecule has 10 heteroatoms. The molecule has 6 nitrogen and oxygen atoms in total. The van der Waals surface area contributed by atoms with Crippen LogP contribution >= 0.6 is 51.5 Å². The Morgan fingerprint density at radius 3 is 2.58 bits per heavy atom. The lowest BCUT2D eigenvalue weighted by Gasteiger charge is -2.14. The molecule has 0 aromatic heterocycles. The molecule has 3 rings (SSSR count). The van der Waals surface area contributed by atoms with Crippen LogP contribution in [0.1, 0.15) is 5.56 Å². The van der Waals surface area contributed by atoms with Crippen molar-refractivity contribution < 1.29 is 14.8 Å². The minimum absolute atomic E-state index is 0.0802. The van der Waals surface area contributed by atoms with E-state index in [1.165, 1.54) is 41.3 Å². The molecule has 1 saturated heterocycles. The number of halogens is 2. The number of hydrogen-bond acceptors (Lipinski definition) is 6. The first-order chi connectivity index (χ1) is 12.3. The number of rotatable bonds is 3. The Balaban J connectivity index is 1.95. The van der Waals surface area contributed by atoms with Crippen molar-refractivity contribution >= 4 is 79.2 Å². The number of carbonyl (C=O) groups is 1. The summed E-state index contributed by atoms with van der Waals surface area (Å²) >= 11 is 15.6. The number of carbonyl (C=O) groups excluding carboxylic acids is 1. The highest BCUT2D eigenvalue weighted by atomic mass is 79.9. The first-order valence-corrected chi connectivity index (χ1v) is 9.38. The molecule has 132 valence electrons. The lowest BCUT2D eigenvalue weighted by Crippen LogP contribution is -2.27. The summed E-state index contributed by atoms with van der Waals surface area (Å²) in [6, 6.07) is 8.68. The number of thioether (sulfide) groups is 1. The summed E-state index contributed by atoms with van der Waals surface area (Å²) in [5.41, 5.74) is 0.718. The van der Waals surface area contributed by atoms with E-state index in [0.29, 0.717) is 20.6 Å². The van der Waals surface area contributed by atoms with E-state index in [0.717, 1.165) is 11.8 Å². The Morgan fingerprint density at radius 1 is 1.31 bits per heavy atom. The lowest BCUT2D eigenvalue weighted by molar-refractivity contribution is -0.384. The largest absolute Gasteiger partial charge is 0.506 e. The maximum atomic E-state index is 12.7. The summed E-state index contributed by atoms with van der Waals surface area (Å²) in [4.78, 5) is 24.5. The number of nitro benzene ring substituents is 1. The SMILES string of the molecule is O=C1C(=Cc2cc(Br)cc(Cl)c2O)SC(=S)N1c1ccc([N+](=O)[O-])cc1. The van der Waals surface area contributed by atoms with Gasteiger partial charge in [-0.25, -0.2) is 0 Å². The third kappa shape index (κ3) is 3.61. The third-order valence-corrected chi connectivity index (χ3v) is 5.50. The molecule has 1 N–H and O–H groups in total. The molecule has 0 unspecified atom stereocenters. The van der Waals surface area contributed by atoms with Crippen LogP contribution in [-0.2, 0) is 4.79 Å². The number of non-ortho nitro benzene ring substituents is 1. The van der Waals surface area contributed by atoms with Crippen LogP contribution in [0.4, 0.5) is 11.4 Å². The summed E-state index contributed by atoms with van der Waals surface area (Å²) in [5.74, 6) is -0.528. The number of anilines is 1. The van der Waals surface area contributed by atoms with E-state index in [4.69, 9.17) is 23.8 Å². The van der Waals surface area contributed by atoms with Crippen LogP contribution in [0.25, 0.3) is 6.08 Å². The van der Waals surface area contributed by atoms with E-state index in [1.54, 1.807) is 6.07 Å². The van der Waals surface area contributed by atoms with Gasteiger partial charge in [0.25, 0.3) is 11.6 Å². The van der Waals surface area contributed by atoms with E-state index < -0.39 is 4.92 Å². The van der Waals surface area contributed by atoms with Crippen molar-refractivity contribution in [2.75, 3.05) is 4.90 Å². The zero-order chi connectivity index (χ0) is 19.0. The van der Waals surface area contributed by atoms with Crippen LogP contribution in [0.3, 0.4) is 0 Å². The summed E-state index contributed by atoms with van der Waals surface area (Å²) in [6.45, 7) is 0. The van der Waals surface area contributed by atoms with Gasteiger partial charge < -0.3 is 5.11 Å². The van der Waals surface area contributed by atoms with Crippen LogP contribution in [0.15, 0.2) is 45.8 Å². The minimum atomic E-state index is -0.520. The molecule has 1 amide bonds. The van der Waals surface area contributed by atoms with Crippen molar-refractivity contribution in [3.63, 3.8) is 0 Å². The van der Waals surface area contributed by atoms with Gasteiger partial charge in [-0.2, -0.15) is 0 Å². The monoisotopic (exact) mass is 470 g/mol. The highest BCUT2D eigenvalue weighted by Gasteiger charge is 2.33. The summed E-state index contributed by atoms with van der Waals surface area (Å²) in [5, 5.41) is 21.0. The van der Waals surface area contributed by atoms with Gasteiger partial charge in [-0.1, -0.05) is 51.5 Å². The Kier molecular flexibility index (Phi) is 5.33. The average molecular weight is 472 g/mol. The molecule has 1 fully saturated rings. The molecule has 0 saturated carbocycles. The fourth-order valence-electron chi connectivity index (χ4n) is 2.25. The summed E-state index contributed by atoms with van der Waals surface area (Å²) in [6.07, 6.45) is 1.50. The second-order valence-corrected chi connectivity index (χ2v) is 8.11. The van der Waals surface area contributed by atoms with Gasteiger partial charge in [0.2, 0.25) is 0 Å². The molecule has 0 aliphatic carbocycles. The second-order valence-electron chi connectivity index (χ2n) is 5.12. The molecule has 1 aliphatic heterocycles. The second kappa shape index (κ2) is 7.36. The molecule has 2 aromatic rings. The predicted molar refractivity (Wildman–Crippen MR) is 110 cm³/mol. The maximum Gasteiger partial charge on any atom is 0.270 e. The van der Waals surface area contributed by atoms with Crippen molar-refractivity contribution in [3.05, 3.63) is 66.5 Å². The van der Waals surface area contributed by atoms with Gasteiger partial charge in [0.1, 0.15) is 5.75 Å². The van der Waals surface area contributed by atoms with Crippen LogP contribution in [-0.4, -0.2) is 20.3 Å². The first-order valence-electron chi connectivity index (χ1n) is 6.98. The number of nitro groups is 1. The number of aromatic hydroxyl groups is 1. The van der Waals surface area contributed by atoms with E-state index in [9.17, 15) is 20.0 Å². The Bertz CT molecular complexity index is 979. The Hall–Kier alpha value is -1.94.